The molecule has 0 radical (unpaired) electrons. The molecule has 3 aliphatic rings. The van der Waals surface area contributed by atoms with Crippen molar-refractivity contribution in [2.45, 2.75) is 72.0 Å². The molecule has 3 aliphatic carbocycles. The number of allylic oxidation sites excluding steroid dienone is 1. The molecule has 0 heterocycles. The largest absolute Gasteiger partial charge is 0.372 e. The summed E-state index contributed by atoms with van der Waals surface area (Å²) in [7, 11) is 0. The number of hydrogen-bond donors (Lipinski definition) is 0. The number of benzene rings is 1. The topological polar surface area (TPSA) is 9.23 Å². The first kappa shape index (κ1) is 15.4. The lowest BCUT2D eigenvalue weighted by Gasteiger charge is -2.55. The van der Waals surface area contributed by atoms with Crippen LogP contribution in [0.4, 0.5) is 0 Å². The van der Waals surface area contributed by atoms with Crippen LogP contribution in [0.15, 0.2) is 42.0 Å². The average molecular weight is 310 g/mol. The van der Waals surface area contributed by atoms with Crippen molar-refractivity contribution in [1.82, 2.24) is 0 Å². The highest BCUT2D eigenvalue weighted by Crippen LogP contribution is 2.69. The SMILES string of the molecule is CC1(C)C2=CCCC[C@]23CC[C@@](C)(C3)[C@@H]1OCc1ccccc1. The maximum absolute atomic E-state index is 6.62. The monoisotopic (exact) mass is 310 g/mol. The van der Waals surface area contributed by atoms with Gasteiger partial charge in [-0.25, -0.2) is 0 Å². The van der Waals surface area contributed by atoms with Gasteiger partial charge in [0, 0.05) is 5.41 Å². The summed E-state index contributed by atoms with van der Waals surface area (Å²) in [6.45, 7) is 8.12. The summed E-state index contributed by atoms with van der Waals surface area (Å²) in [5.41, 5.74) is 4.03. The molecule has 1 aromatic carbocycles. The van der Waals surface area contributed by atoms with E-state index in [0.717, 1.165) is 6.61 Å². The lowest BCUT2D eigenvalue weighted by molar-refractivity contribution is -0.119. The van der Waals surface area contributed by atoms with Crippen LogP contribution >= 0.6 is 0 Å². The Balaban J connectivity index is 1.64. The molecule has 0 unspecified atom stereocenters. The van der Waals surface area contributed by atoms with Gasteiger partial charge in [-0.05, 0) is 54.9 Å². The first-order valence-electron chi connectivity index (χ1n) is 9.33. The molecule has 124 valence electrons. The smallest absolute Gasteiger partial charge is 0.0721 e. The van der Waals surface area contributed by atoms with Gasteiger partial charge in [0.15, 0.2) is 0 Å². The van der Waals surface area contributed by atoms with Crippen LogP contribution in [0.3, 0.4) is 0 Å². The summed E-state index contributed by atoms with van der Waals surface area (Å²) in [6.07, 6.45) is 11.0. The Labute approximate surface area is 141 Å². The van der Waals surface area contributed by atoms with Crippen LogP contribution in [0, 0.1) is 16.2 Å². The molecule has 2 bridgehead atoms. The minimum Gasteiger partial charge on any atom is -0.372 e. The molecule has 0 saturated heterocycles. The molecule has 0 aliphatic heterocycles. The van der Waals surface area contributed by atoms with Crippen LogP contribution in [-0.4, -0.2) is 6.10 Å². The Hall–Kier alpha value is -1.08. The molecule has 1 aromatic rings. The molecule has 4 rings (SSSR count). The molecule has 0 amide bonds. The normalized spacial score (nSPS) is 38.0. The predicted molar refractivity (Wildman–Crippen MR) is 95.1 cm³/mol. The fourth-order valence-electron chi connectivity index (χ4n) is 6.30. The minimum absolute atomic E-state index is 0.165. The number of rotatable bonds is 3. The zero-order chi connectivity index (χ0) is 16.1. The van der Waals surface area contributed by atoms with Gasteiger partial charge < -0.3 is 4.74 Å². The van der Waals surface area contributed by atoms with Gasteiger partial charge in [-0.1, -0.05) is 62.8 Å². The highest BCUT2D eigenvalue weighted by molar-refractivity contribution is 5.34. The van der Waals surface area contributed by atoms with Crippen LogP contribution in [0.5, 0.6) is 0 Å². The predicted octanol–water partition coefficient (Wildman–Crippen LogP) is 5.90. The van der Waals surface area contributed by atoms with Gasteiger partial charge in [0.25, 0.3) is 0 Å². The third-order valence-electron chi connectivity index (χ3n) is 6.94. The number of ether oxygens (including phenoxy) is 1. The van der Waals surface area contributed by atoms with Crippen LogP contribution in [0.2, 0.25) is 0 Å². The first-order chi connectivity index (χ1) is 11.0. The maximum atomic E-state index is 6.62. The van der Waals surface area contributed by atoms with Crippen molar-refractivity contribution in [3.63, 3.8) is 0 Å². The van der Waals surface area contributed by atoms with Crippen molar-refractivity contribution in [3.05, 3.63) is 47.5 Å². The second-order valence-electron chi connectivity index (χ2n) is 9.02. The third-order valence-corrected chi connectivity index (χ3v) is 6.94. The second-order valence-corrected chi connectivity index (χ2v) is 9.02. The van der Waals surface area contributed by atoms with E-state index in [9.17, 15) is 0 Å². The summed E-state index contributed by atoms with van der Waals surface area (Å²) < 4.78 is 6.62. The molecule has 23 heavy (non-hydrogen) atoms. The van der Waals surface area contributed by atoms with Gasteiger partial charge in [-0.2, -0.15) is 0 Å². The Bertz CT molecular complexity index is 614. The van der Waals surface area contributed by atoms with E-state index in [-0.39, 0.29) is 5.41 Å². The van der Waals surface area contributed by atoms with Gasteiger partial charge in [0.05, 0.1) is 12.7 Å². The molecule has 0 N–H and O–H groups in total. The number of hydrogen-bond acceptors (Lipinski definition) is 1. The third kappa shape index (κ3) is 2.31. The summed E-state index contributed by atoms with van der Waals surface area (Å²) >= 11 is 0. The van der Waals surface area contributed by atoms with Crippen molar-refractivity contribution >= 4 is 0 Å². The summed E-state index contributed by atoms with van der Waals surface area (Å²) in [5.74, 6) is 0. The van der Waals surface area contributed by atoms with E-state index in [4.69, 9.17) is 4.74 Å². The lowest BCUT2D eigenvalue weighted by atomic mass is 9.52. The van der Waals surface area contributed by atoms with Crippen LogP contribution in [0.1, 0.15) is 64.9 Å². The molecule has 1 heteroatoms. The van der Waals surface area contributed by atoms with Gasteiger partial charge in [0.2, 0.25) is 0 Å². The molecule has 1 spiro atoms. The van der Waals surface area contributed by atoms with E-state index < -0.39 is 0 Å². The zero-order valence-electron chi connectivity index (χ0n) is 14.9. The Morgan fingerprint density at radius 1 is 1.04 bits per heavy atom. The molecule has 3 atom stereocenters. The molecular weight excluding hydrogens is 280 g/mol. The van der Waals surface area contributed by atoms with E-state index in [0.29, 0.717) is 16.9 Å². The molecule has 2 saturated carbocycles. The van der Waals surface area contributed by atoms with Crippen molar-refractivity contribution < 1.29 is 4.74 Å². The van der Waals surface area contributed by atoms with E-state index in [1.807, 2.05) is 0 Å². The quantitative estimate of drug-likeness (QED) is 0.632. The first-order valence-corrected chi connectivity index (χ1v) is 9.33. The van der Waals surface area contributed by atoms with Gasteiger partial charge in [-0.3, -0.25) is 0 Å². The lowest BCUT2D eigenvalue weighted by Crippen LogP contribution is -2.52. The van der Waals surface area contributed by atoms with E-state index >= 15 is 0 Å². The molecule has 2 fully saturated rings. The minimum atomic E-state index is 0.165. The molecule has 0 aromatic heterocycles. The molecule has 1 nitrogen and oxygen atoms in total. The summed E-state index contributed by atoms with van der Waals surface area (Å²) in [4.78, 5) is 0. The van der Waals surface area contributed by atoms with Crippen LogP contribution < -0.4 is 0 Å². The van der Waals surface area contributed by atoms with Gasteiger partial charge in [0.1, 0.15) is 0 Å². The fourth-order valence-corrected chi connectivity index (χ4v) is 6.30. The van der Waals surface area contributed by atoms with E-state index in [1.165, 1.54) is 44.1 Å². The average Bonchev–Trinajstić information content (AvgIpc) is 2.83. The van der Waals surface area contributed by atoms with Gasteiger partial charge in [-0.15, -0.1) is 0 Å². The standard InChI is InChI=1S/C22H30O/c1-20(2)18-11-7-8-12-22(18)14-13-21(3,16-22)19(20)23-15-17-9-5-4-6-10-17/h4-6,9-11,19H,7-8,12-16H2,1-3H3/t19-,21+,22-/m1/s1. The Kier molecular flexibility index (Phi) is 3.50. The van der Waals surface area contributed by atoms with Crippen LogP contribution in [-0.2, 0) is 11.3 Å². The van der Waals surface area contributed by atoms with Crippen molar-refractivity contribution in [2.75, 3.05) is 0 Å². The van der Waals surface area contributed by atoms with E-state index in [2.05, 4.69) is 57.2 Å². The summed E-state index contributed by atoms with van der Waals surface area (Å²) in [6, 6.07) is 10.6. The van der Waals surface area contributed by atoms with Crippen molar-refractivity contribution in [1.29, 1.82) is 0 Å². The Morgan fingerprint density at radius 3 is 2.61 bits per heavy atom. The number of fused-ring (bicyclic) bond motifs is 1. The zero-order valence-corrected chi connectivity index (χ0v) is 14.9. The van der Waals surface area contributed by atoms with Crippen LogP contribution in [0.25, 0.3) is 0 Å². The maximum Gasteiger partial charge on any atom is 0.0721 e. The van der Waals surface area contributed by atoms with Gasteiger partial charge >= 0.3 is 0 Å². The highest BCUT2D eigenvalue weighted by atomic mass is 16.5. The van der Waals surface area contributed by atoms with Crippen molar-refractivity contribution in [2.24, 2.45) is 16.2 Å². The summed E-state index contributed by atoms with van der Waals surface area (Å²) in [5, 5.41) is 0. The van der Waals surface area contributed by atoms with E-state index in [1.54, 1.807) is 5.57 Å². The van der Waals surface area contributed by atoms with Crippen molar-refractivity contribution in [3.8, 4) is 0 Å². The molecular formula is C22H30O. The second kappa shape index (κ2) is 5.21. The Morgan fingerprint density at radius 2 is 1.83 bits per heavy atom. The highest BCUT2D eigenvalue weighted by Gasteiger charge is 2.62. The fraction of sp³-hybridized carbons (Fsp3) is 0.636.